The highest BCUT2D eigenvalue weighted by Gasteiger charge is 2.21. The molecule has 0 radical (unpaired) electrons. The second-order valence-corrected chi connectivity index (χ2v) is 14.4. The Morgan fingerprint density at radius 1 is 0.583 bits per heavy atom. The maximum atomic E-state index is 5.94. The summed E-state index contributed by atoms with van der Waals surface area (Å²) in [6, 6.07) is 19.0. The molecule has 2 atom stereocenters. The third kappa shape index (κ3) is 8.81. The number of hydrogen-bond acceptors (Lipinski definition) is 18. The molecule has 20 nitrogen and oxygen atoms in total. The number of nitrogens with two attached hydrogens (primary N) is 2. The van der Waals surface area contributed by atoms with Gasteiger partial charge in [0.25, 0.3) is 0 Å². The third-order valence-corrected chi connectivity index (χ3v) is 9.77. The molecule has 0 bridgehead atoms. The normalized spacial score (nSPS) is 16.5. The Balaban J connectivity index is 0.000000154. The first-order valence-electron chi connectivity index (χ1n) is 19.5. The largest absolute Gasteiger partial charge is 0.460 e. The SMILES string of the molecule is Cc1ccc(-c2nc(N)nc3c2nnn3Cc2cccc(CO[C@H]3CCOC3)n2)o1.Cc1ccc(-c2nc(N)nc3c2nnn3Cc2cccc(CO[C@H]3CCOC3)n2)o1. The molecule has 0 amide bonds. The highest BCUT2D eigenvalue weighted by Crippen LogP contribution is 2.28. The van der Waals surface area contributed by atoms with E-state index in [4.69, 9.17) is 39.2 Å². The topological polar surface area (TPSA) is 254 Å². The van der Waals surface area contributed by atoms with E-state index in [1.807, 2.05) is 74.5 Å². The monoisotopic (exact) mass is 814 g/mol. The Hall–Kier alpha value is -6.74. The van der Waals surface area contributed by atoms with Gasteiger partial charge in [0, 0.05) is 13.2 Å². The summed E-state index contributed by atoms with van der Waals surface area (Å²) >= 11 is 0. The van der Waals surface area contributed by atoms with Crippen LogP contribution in [-0.2, 0) is 45.3 Å². The fourth-order valence-corrected chi connectivity index (χ4v) is 6.82. The number of rotatable bonds is 12. The van der Waals surface area contributed by atoms with E-state index in [9.17, 15) is 0 Å². The molecule has 0 aliphatic carbocycles. The maximum Gasteiger partial charge on any atom is 0.222 e. The molecule has 8 aromatic rings. The number of nitrogens with zero attached hydrogens (tertiary/aromatic N) is 12. The van der Waals surface area contributed by atoms with Crippen molar-refractivity contribution in [2.24, 2.45) is 0 Å². The van der Waals surface area contributed by atoms with Gasteiger partial charge < -0.3 is 39.2 Å². The number of hydrogen-bond donors (Lipinski definition) is 2. The molecule has 0 spiro atoms. The highest BCUT2D eigenvalue weighted by molar-refractivity contribution is 5.86. The molecule has 10 heterocycles. The van der Waals surface area contributed by atoms with Crippen LogP contribution in [0.1, 0.15) is 47.1 Å². The molecule has 0 saturated carbocycles. The van der Waals surface area contributed by atoms with Crippen LogP contribution in [-0.4, -0.2) is 98.5 Å². The summed E-state index contributed by atoms with van der Waals surface area (Å²) in [6.07, 6.45) is 2.11. The summed E-state index contributed by atoms with van der Waals surface area (Å²) in [5.41, 5.74) is 18.4. The van der Waals surface area contributed by atoms with Crippen LogP contribution in [0.3, 0.4) is 0 Å². The molecule has 2 fully saturated rings. The average molecular weight is 815 g/mol. The number of anilines is 2. The van der Waals surface area contributed by atoms with Gasteiger partial charge in [0.2, 0.25) is 11.9 Å². The summed E-state index contributed by atoms with van der Waals surface area (Å²) < 4.78 is 37.1. The van der Waals surface area contributed by atoms with Crippen LogP contribution in [0.2, 0.25) is 0 Å². The lowest BCUT2D eigenvalue weighted by Crippen LogP contribution is -2.13. The molecular formula is C40H42N14O6. The van der Waals surface area contributed by atoms with Gasteiger partial charge in [-0.1, -0.05) is 22.6 Å². The predicted octanol–water partition coefficient (Wildman–Crippen LogP) is 4.24. The van der Waals surface area contributed by atoms with Gasteiger partial charge in [0.05, 0.1) is 74.5 Å². The fourth-order valence-electron chi connectivity index (χ4n) is 6.82. The number of aromatic nitrogens is 12. The Kier molecular flexibility index (Phi) is 11.1. The van der Waals surface area contributed by atoms with Crippen molar-refractivity contribution in [1.82, 2.24) is 59.9 Å². The standard InChI is InChI=1S/2C20H21N7O3/c2*1-12-5-6-16(30-12)17-18-19(24-20(21)23-17)27(26-25-18)9-13-3-2-4-14(22-13)10-29-15-7-8-28-11-15/h2*2-6,15H,7-11H2,1H3,(H2,21,23,24)/t2*15-/m00/s1. The van der Waals surface area contributed by atoms with Crippen molar-refractivity contribution in [2.45, 2.75) is 65.2 Å². The second kappa shape index (κ2) is 17.2. The van der Waals surface area contributed by atoms with Crippen molar-refractivity contribution >= 4 is 34.2 Å². The molecule has 0 aromatic carbocycles. The van der Waals surface area contributed by atoms with Crippen LogP contribution in [0.15, 0.2) is 69.5 Å². The van der Waals surface area contributed by atoms with Crippen LogP contribution < -0.4 is 11.5 Å². The van der Waals surface area contributed by atoms with Gasteiger partial charge in [-0.25, -0.2) is 19.3 Å². The smallest absolute Gasteiger partial charge is 0.222 e. The zero-order valence-corrected chi connectivity index (χ0v) is 33.0. The van der Waals surface area contributed by atoms with Crippen LogP contribution in [0.5, 0.6) is 0 Å². The lowest BCUT2D eigenvalue weighted by Gasteiger charge is -2.10. The molecule has 10 rings (SSSR count). The molecule has 0 unspecified atom stereocenters. The molecule has 60 heavy (non-hydrogen) atoms. The number of ether oxygens (including phenoxy) is 4. The lowest BCUT2D eigenvalue weighted by atomic mass is 10.2. The molecule has 308 valence electrons. The van der Waals surface area contributed by atoms with Crippen LogP contribution in [0, 0.1) is 13.8 Å². The van der Waals surface area contributed by atoms with Crippen molar-refractivity contribution in [2.75, 3.05) is 37.9 Å². The minimum atomic E-state index is 0.129. The van der Waals surface area contributed by atoms with Crippen molar-refractivity contribution in [3.05, 3.63) is 95.0 Å². The first-order chi connectivity index (χ1) is 29.3. The Labute approximate surface area is 342 Å². The number of nitrogen functional groups attached to an aromatic ring is 2. The second-order valence-electron chi connectivity index (χ2n) is 14.4. The summed E-state index contributed by atoms with van der Waals surface area (Å²) in [6.45, 7) is 8.19. The number of fused-ring (bicyclic) bond motifs is 2. The number of pyridine rings is 2. The minimum absolute atomic E-state index is 0.129. The Morgan fingerprint density at radius 2 is 1.03 bits per heavy atom. The van der Waals surface area contributed by atoms with Crippen molar-refractivity contribution < 1.29 is 27.8 Å². The van der Waals surface area contributed by atoms with E-state index in [1.54, 1.807) is 9.36 Å². The zero-order valence-electron chi connectivity index (χ0n) is 33.0. The van der Waals surface area contributed by atoms with Gasteiger partial charge in [-0.15, -0.1) is 10.2 Å². The van der Waals surface area contributed by atoms with E-state index in [0.717, 1.165) is 60.4 Å². The summed E-state index contributed by atoms with van der Waals surface area (Å²) in [4.78, 5) is 26.6. The van der Waals surface area contributed by atoms with Crippen molar-refractivity contribution in [3.8, 4) is 22.9 Å². The lowest BCUT2D eigenvalue weighted by molar-refractivity contribution is 0.0300. The van der Waals surface area contributed by atoms with Gasteiger partial charge in [-0.3, -0.25) is 9.97 Å². The zero-order chi connectivity index (χ0) is 41.0. The maximum absolute atomic E-state index is 5.94. The van der Waals surface area contributed by atoms with E-state index in [2.05, 4.69) is 50.5 Å². The molecule has 20 heteroatoms. The summed E-state index contributed by atoms with van der Waals surface area (Å²) in [5, 5.41) is 17.0. The molecular weight excluding hydrogens is 773 g/mol. The first-order valence-corrected chi connectivity index (χ1v) is 19.5. The van der Waals surface area contributed by atoms with E-state index >= 15 is 0 Å². The van der Waals surface area contributed by atoms with Crippen LogP contribution >= 0.6 is 0 Å². The van der Waals surface area contributed by atoms with Gasteiger partial charge >= 0.3 is 0 Å². The Bertz CT molecular complexity index is 2550. The molecule has 2 aliphatic heterocycles. The van der Waals surface area contributed by atoms with E-state index in [0.29, 0.717) is 84.8 Å². The van der Waals surface area contributed by atoms with E-state index in [-0.39, 0.29) is 24.1 Å². The quantitative estimate of drug-likeness (QED) is 0.175. The predicted molar refractivity (Wildman–Crippen MR) is 215 cm³/mol. The average Bonchev–Trinajstić information content (AvgIpc) is 4.11. The van der Waals surface area contributed by atoms with Crippen LogP contribution in [0.25, 0.3) is 45.2 Å². The third-order valence-electron chi connectivity index (χ3n) is 9.77. The Morgan fingerprint density at radius 3 is 1.43 bits per heavy atom. The summed E-state index contributed by atoms with van der Waals surface area (Å²) in [7, 11) is 0. The fraction of sp³-hybridized carbons (Fsp3) is 0.350. The van der Waals surface area contributed by atoms with Gasteiger partial charge in [-0.2, -0.15) is 9.97 Å². The van der Waals surface area contributed by atoms with E-state index in [1.165, 1.54) is 0 Å². The van der Waals surface area contributed by atoms with Crippen molar-refractivity contribution in [3.63, 3.8) is 0 Å². The molecule has 4 N–H and O–H groups in total. The van der Waals surface area contributed by atoms with Gasteiger partial charge in [0.15, 0.2) is 33.8 Å². The van der Waals surface area contributed by atoms with Gasteiger partial charge in [-0.05, 0) is 75.2 Å². The molecule has 8 aromatic heterocycles. The van der Waals surface area contributed by atoms with Gasteiger partial charge in [0.1, 0.15) is 22.9 Å². The molecule has 2 saturated heterocycles. The number of furan rings is 2. The van der Waals surface area contributed by atoms with E-state index < -0.39 is 0 Å². The number of aryl methyl sites for hydroxylation is 2. The van der Waals surface area contributed by atoms with Crippen molar-refractivity contribution in [1.29, 1.82) is 0 Å². The minimum Gasteiger partial charge on any atom is -0.460 e. The summed E-state index contributed by atoms with van der Waals surface area (Å²) in [5.74, 6) is 2.96. The highest BCUT2D eigenvalue weighted by atomic mass is 16.5. The first kappa shape index (κ1) is 38.8. The molecule has 2 aliphatic rings. The van der Waals surface area contributed by atoms with Crippen LogP contribution in [0.4, 0.5) is 11.9 Å².